The molecule has 0 atom stereocenters. The van der Waals surface area contributed by atoms with E-state index in [9.17, 15) is 4.79 Å². The van der Waals surface area contributed by atoms with Crippen LogP contribution in [-0.2, 0) is 0 Å². The van der Waals surface area contributed by atoms with Crippen LogP contribution in [0.1, 0.15) is 5.56 Å². The fourth-order valence-electron chi connectivity index (χ4n) is 2.59. The Balaban J connectivity index is 2.12. The minimum absolute atomic E-state index is 0.290. The summed E-state index contributed by atoms with van der Waals surface area (Å²) in [6.45, 7) is 2.01. The van der Waals surface area contributed by atoms with Crippen LogP contribution < -0.4 is 5.56 Å². The number of halogens is 1. The van der Waals surface area contributed by atoms with Gasteiger partial charge in [0.25, 0.3) is 5.56 Å². The largest absolute Gasteiger partial charge is 0.281 e. The van der Waals surface area contributed by atoms with Crippen molar-refractivity contribution in [1.82, 2.24) is 19.8 Å². The van der Waals surface area contributed by atoms with Crippen LogP contribution in [0.4, 0.5) is 0 Å². The van der Waals surface area contributed by atoms with E-state index in [0.29, 0.717) is 27.3 Å². The van der Waals surface area contributed by atoms with E-state index in [1.54, 1.807) is 22.7 Å². The number of aromatic nitrogens is 4. The predicted molar refractivity (Wildman–Crippen MR) is 86.3 cm³/mol. The molecule has 0 bridgehead atoms. The molecule has 22 heavy (non-hydrogen) atoms. The van der Waals surface area contributed by atoms with Gasteiger partial charge in [-0.1, -0.05) is 35.4 Å². The fraction of sp³-hybridized carbons (Fsp3) is 0.0625. The molecule has 2 aromatic carbocycles. The minimum atomic E-state index is -0.290. The van der Waals surface area contributed by atoms with Crippen molar-refractivity contribution in [2.45, 2.75) is 6.92 Å². The molecule has 0 amide bonds. The van der Waals surface area contributed by atoms with Crippen LogP contribution in [-0.4, -0.2) is 19.8 Å². The number of nitrogens with zero attached hydrogens (tertiary/aromatic N) is 3. The summed E-state index contributed by atoms with van der Waals surface area (Å²) in [5, 5.41) is 8.29. The van der Waals surface area contributed by atoms with Gasteiger partial charge in [-0.05, 0) is 31.2 Å². The van der Waals surface area contributed by atoms with Gasteiger partial charge in [0.1, 0.15) is 5.69 Å². The van der Waals surface area contributed by atoms with Crippen molar-refractivity contribution >= 4 is 28.2 Å². The van der Waals surface area contributed by atoms with Crippen molar-refractivity contribution in [3.63, 3.8) is 0 Å². The van der Waals surface area contributed by atoms with E-state index in [1.165, 1.54) is 0 Å². The maximum absolute atomic E-state index is 12.2. The lowest BCUT2D eigenvalue weighted by atomic mass is 10.1. The molecule has 108 valence electrons. The second-order valence-electron chi connectivity index (χ2n) is 5.17. The third kappa shape index (κ3) is 1.90. The van der Waals surface area contributed by atoms with Crippen molar-refractivity contribution in [3.05, 3.63) is 63.4 Å². The van der Waals surface area contributed by atoms with E-state index in [-0.39, 0.29) is 5.56 Å². The molecule has 4 aromatic rings. The first kappa shape index (κ1) is 13.0. The van der Waals surface area contributed by atoms with Gasteiger partial charge >= 0.3 is 0 Å². The summed E-state index contributed by atoms with van der Waals surface area (Å²) in [5.74, 6) is 0. The molecular weight excluding hydrogens is 300 g/mol. The smallest absolute Gasteiger partial charge is 0.267 e. The highest BCUT2D eigenvalue weighted by molar-refractivity contribution is 6.31. The summed E-state index contributed by atoms with van der Waals surface area (Å²) < 4.78 is 1.68. The second kappa shape index (κ2) is 4.68. The Morgan fingerprint density at radius 1 is 1.18 bits per heavy atom. The van der Waals surface area contributed by atoms with Crippen LogP contribution in [0.3, 0.4) is 0 Å². The highest BCUT2D eigenvalue weighted by Crippen LogP contribution is 2.24. The van der Waals surface area contributed by atoms with Crippen molar-refractivity contribution in [1.29, 1.82) is 0 Å². The van der Waals surface area contributed by atoms with Crippen LogP contribution in [0.25, 0.3) is 27.8 Å². The van der Waals surface area contributed by atoms with Crippen molar-refractivity contribution in [3.8, 4) is 11.3 Å². The summed E-state index contributed by atoms with van der Waals surface area (Å²) in [5.41, 5.74) is 3.53. The molecule has 4 rings (SSSR count). The molecule has 0 spiro atoms. The van der Waals surface area contributed by atoms with Gasteiger partial charge in [0.05, 0.1) is 10.9 Å². The Morgan fingerprint density at radius 3 is 2.86 bits per heavy atom. The van der Waals surface area contributed by atoms with Gasteiger partial charge in [-0.25, -0.2) is 9.73 Å². The van der Waals surface area contributed by atoms with E-state index in [1.807, 2.05) is 31.2 Å². The number of rotatable bonds is 1. The van der Waals surface area contributed by atoms with Gasteiger partial charge in [-0.15, -0.1) is 0 Å². The third-order valence-corrected chi connectivity index (χ3v) is 3.85. The van der Waals surface area contributed by atoms with Crippen molar-refractivity contribution in [2.75, 3.05) is 0 Å². The Bertz CT molecular complexity index is 1080. The molecule has 0 unspecified atom stereocenters. The highest BCUT2D eigenvalue weighted by atomic mass is 35.5. The summed E-state index contributed by atoms with van der Waals surface area (Å²) in [4.78, 5) is 16.4. The van der Waals surface area contributed by atoms with Crippen LogP contribution in [0, 0.1) is 6.92 Å². The summed E-state index contributed by atoms with van der Waals surface area (Å²) in [7, 11) is 0. The third-order valence-electron chi connectivity index (χ3n) is 3.62. The Kier molecular flexibility index (Phi) is 2.77. The van der Waals surface area contributed by atoms with Crippen molar-refractivity contribution in [2.24, 2.45) is 0 Å². The SMILES string of the molecule is Cc1cccc(-c2n[nH]n3c2nc(=O)c2ccc(Cl)cc23)c1. The molecule has 0 aliphatic rings. The number of aromatic amines is 1. The zero-order valence-electron chi connectivity index (χ0n) is 11.7. The maximum Gasteiger partial charge on any atom is 0.281 e. The quantitative estimate of drug-likeness (QED) is 0.587. The predicted octanol–water partition coefficient (Wildman–Crippen LogP) is 3.20. The van der Waals surface area contributed by atoms with Gasteiger partial charge in [-0.3, -0.25) is 4.79 Å². The van der Waals surface area contributed by atoms with Gasteiger partial charge in [0, 0.05) is 10.6 Å². The normalized spacial score (nSPS) is 11.4. The monoisotopic (exact) mass is 310 g/mol. The van der Waals surface area contributed by atoms with E-state index in [2.05, 4.69) is 15.3 Å². The summed E-state index contributed by atoms with van der Waals surface area (Å²) in [6.07, 6.45) is 0. The second-order valence-corrected chi connectivity index (χ2v) is 5.60. The fourth-order valence-corrected chi connectivity index (χ4v) is 2.75. The van der Waals surface area contributed by atoms with E-state index >= 15 is 0 Å². The number of aryl methyl sites for hydroxylation is 1. The number of hydrogen-bond donors (Lipinski definition) is 1. The number of hydrogen-bond acceptors (Lipinski definition) is 3. The topological polar surface area (TPSA) is 63.1 Å². The Hall–Kier alpha value is -2.66. The van der Waals surface area contributed by atoms with Gasteiger partial charge in [0.15, 0.2) is 5.65 Å². The molecular formula is C16H11ClN4O. The van der Waals surface area contributed by atoms with E-state index in [0.717, 1.165) is 11.1 Å². The Labute approximate surface area is 130 Å². The lowest BCUT2D eigenvalue weighted by Crippen LogP contribution is -2.10. The molecule has 0 aliphatic carbocycles. The summed E-state index contributed by atoms with van der Waals surface area (Å²) in [6, 6.07) is 13.0. The minimum Gasteiger partial charge on any atom is -0.267 e. The summed E-state index contributed by atoms with van der Waals surface area (Å²) >= 11 is 6.05. The average molecular weight is 311 g/mol. The van der Waals surface area contributed by atoms with Gasteiger partial charge in [0.2, 0.25) is 0 Å². The van der Waals surface area contributed by atoms with E-state index < -0.39 is 0 Å². The van der Waals surface area contributed by atoms with Crippen LogP contribution in [0.15, 0.2) is 47.3 Å². The first-order valence-corrected chi connectivity index (χ1v) is 7.15. The lowest BCUT2D eigenvalue weighted by molar-refractivity contribution is 0.874. The number of nitrogens with one attached hydrogen (secondary N) is 1. The van der Waals surface area contributed by atoms with E-state index in [4.69, 9.17) is 11.6 Å². The molecule has 0 fully saturated rings. The molecule has 1 N–H and O–H groups in total. The molecule has 0 saturated carbocycles. The molecule has 2 heterocycles. The number of fused-ring (bicyclic) bond motifs is 3. The first-order valence-electron chi connectivity index (χ1n) is 6.77. The van der Waals surface area contributed by atoms with Gasteiger partial charge in [-0.2, -0.15) is 10.1 Å². The zero-order chi connectivity index (χ0) is 15.3. The van der Waals surface area contributed by atoms with Crippen LogP contribution in [0.5, 0.6) is 0 Å². The molecule has 2 aromatic heterocycles. The molecule has 0 saturated heterocycles. The first-order chi connectivity index (χ1) is 10.6. The van der Waals surface area contributed by atoms with Gasteiger partial charge < -0.3 is 0 Å². The number of benzene rings is 2. The van der Waals surface area contributed by atoms with Crippen molar-refractivity contribution < 1.29 is 0 Å². The van der Waals surface area contributed by atoms with Crippen LogP contribution in [0.2, 0.25) is 5.02 Å². The number of H-pyrrole nitrogens is 1. The highest BCUT2D eigenvalue weighted by Gasteiger charge is 2.14. The zero-order valence-corrected chi connectivity index (χ0v) is 12.4. The molecule has 6 heteroatoms. The average Bonchev–Trinajstić information content (AvgIpc) is 2.91. The standard InChI is InChI=1S/C16H11ClN4O/c1-9-3-2-4-10(7-9)14-15-18-16(22)12-6-5-11(17)8-13(12)21(15)20-19-14/h2-8,20H,1H3. The molecule has 0 aliphatic heterocycles. The van der Waals surface area contributed by atoms with Crippen LogP contribution >= 0.6 is 11.6 Å². The lowest BCUT2D eigenvalue weighted by Gasteiger charge is -2.02. The molecule has 5 nitrogen and oxygen atoms in total. The Morgan fingerprint density at radius 2 is 2.05 bits per heavy atom. The maximum atomic E-state index is 12.2. The molecule has 0 radical (unpaired) electrons.